The van der Waals surface area contributed by atoms with Gasteiger partial charge in [-0.15, -0.1) is 0 Å². The van der Waals surface area contributed by atoms with Crippen LogP contribution in [0.1, 0.15) is 30.3 Å². The van der Waals surface area contributed by atoms with E-state index in [1.165, 1.54) is 0 Å². The van der Waals surface area contributed by atoms with Crippen molar-refractivity contribution in [1.82, 2.24) is 4.90 Å². The molecule has 0 amide bonds. The van der Waals surface area contributed by atoms with E-state index >= 15 is 0 Å². The van der Waals surface area contributed by atoms with Crippen LogP contribution < -0.4 is 4.18 Å². The van der Waals surface area contributed by atoms with Crippen molar-refractivity contribution in [3.63, 3.8) is 0 Å². The van der Waals surface area contributed by atoms with Crippen molar-refractivity contribution in [2.24, 2.45) is 0 Å². The van der Waals surface area contributed by atoms with E-state index in [1.54, 1.807) is 12.1 Å². The van der Waals surface area contributed by atoms with Gasteiger partial charge in [-0.25, -0.2) is 0 Å². The molecule has 0 spiro atoms. The highest BCUT2D eigenvalue weighted by Crippen LogP contribution is 2.29. The molecule has 0 saturated heterocycles. The van der Waals surface area contributed by atoms with Crippen LogP contribution in [-0.2, 0) is 10.1 Å². The third-order valence-electron chi connectivity index (χ3n) is 3.74. The van der Waals surface area contributed by atoms with Crippen LogP contribution in [0.4, 0.5) is 0 Å². The monoisotopic (exact) mass is 333 g/mol. The highest BCUT2D eigenvalue weighted by atomic mass is 32.2. The standard InChI is InChI=1S/C18H23NO3S/c1-4-19(5-2)18(16-9-7-6-8-10-16)23(20,21)22-17-13-11-15(3)12-14-17/h6-14,18H,4-5H2,1-3H3. The molecule has 0 radical (unpaired) electrons. The Morgan fingerprint density at radius 3 is 2.04 bits per heavy atom. The van der Waals surface area contributed by atoms with Crippen LogP contribution in [0.15, 0.2) is 54.6 Å². The molecular weight excluding hydrogens is 310 g/mol. The highest BCUT2D eigenvalue weighted by molar-refractivity contribution is 7.87. The molecular formula is C18H23NO3S. The molecule has 2 aromatic rings. The lowest BCUT2D eigenvalue weighted by Gasteiger charge is -2.29. The fourth-order valence-electron chi connectivity index (χ4n) is 2.51. The number of hydrogen-bond donors (Lipinski definition) is 0. The Hall–Kier alpha value is -1.85. The second kappa shape index (κ2) is 7.62. The maximum absolute atomic E-state index is 12.9. The summed E-state index contributed by atoms with van der Waals surface area (Å²) >= 11 is 0. The SMILES string of the molecule is CCN(CC)C(c1ccccc1)S(=O)(=O)Oc1ccc(C)cc1. The molecule has 1 atom stereocenters. The minimum Gasteiger partial charge on any atom is -0.381 e. The number of hydrogen-bond acceptors (Lipinski definition) is 4. The van der Waals surface area contributed by atoms with E-state index in [2.05, 4.69) is 0 Å². The van der Waals surface area contributed by atoms with Crippen LogP contribution in [-0.4, -0.2) is 26.4 Å². The summed E-state index contributed by atoms with van der Waals surface area (Å²) in [5.41, 5.74) is 1.77. The van der Waals surface area contributed by atoms with Crippen molar-refractivity contribution < 1.29 is 12.6 Å². The fraction of sp³-hybridized carbons (Fsp3) is 0.333. The molecule has 0 N–H and O–H groups in total. The van der Waals surface area contributed by atoms with Crippen LogP contribution in [0.2, 0.25) is 0 Å². The molecule has 0 bridgehead atoms. The predicted octanol–water partition coefficient (Wildman–Crippen LogP) is 3.74. The van der Waals surface area contributed by atoms with Gasteiger partial charge in [-0.1, -0.05) is 61.9 Å². The first-order valence-corrected chi connectivity index (χ1v) is 9.24. The van der Waals surface area contributed by atoms with Gasteiger partial charge >= 0.3 is 10.1 Å². The maximum Gasteiger partial charge on any atom is 0.330 e. The Balaban J connectivity index is 2.38. The van der Waals surface area contributed by atoms with Crippen LogP contribution >= 0.6 is 0 Å². The third kappa shape index (κ3) is 4.33. The van der Waals surface area contributed by atoms with E-state index in [4.69, 9.17) is 4.18 Å². The molecule has 0 heterocycles. The van der Waals surface area contributed by atoms with Gasteiger partial charge in [-0.05, 0) is 37.7 Å². The summed E-state index contributed by atoms with van der Waals surface area (Å²) < 4.78 is 31.2. The third-order valence-corrected chi connectivity index (χ3v) is 5.28. The molecule has 2 rings (SSSR count). The number of aryl methyl sites for hydroxylation is 1. The van der Waals surface area contributed by atoms with Gasteiger partial charge in [0.2, 0.25) is 0 Å². The molecule has 23 heavy (non-hydrogen) atoms. The van der Waals surface area contributed by atoms with Crippen LogP contribution in [0, 0.1) is 6.92 Å². The summed E-state index contributed by atoms with van der Waals surface area (Å²) in [5.74, 6) is 0.337. The van der Waals surface area contributed by atoms with Crippen LogP contribution in [0.5, 0.6) is 5.75 Å². The molecule has 0 aliphatic heterocycles. The minimum absolute atomic E-state index is 0.337. The van der Waals surface area contributed by atoms with E-state index < -0.39 is 15.5 Å². The summed E-state index contributed by atoms with van der Waals surface area (Å²) in [6, 6.07) is 16.2. The van der Waals surface area contributed by atoms with E-state index in [1.807, 2.05) is 68.1 Å². The van der Waals surface area contributed by atoms with E-state index in [0.29, 0.717) is 24.4 Å². The molecule has 2 aromatic carbocycles. The number of benzene rings is 2. The number of rotatable bonds is 7. The van der Waals surface area contributed by atoms with Gasteiger partial charge in [0.1, 0.15) is 5.75 Å². The Kier molecular flexibility index (Phi) is 5.80. The van der Waals surface area contributed by atoms with E-state index in [-0.39, 0.29) is 0 Å². The Bertz CT molecular complexity index is 708. The zero-order valence-corrected chi connectivity index (χ0v) is 14.6. The smallest absolute Gasteiger partial charge is 0.330 e. The lowest BCUT2D eigenvalue weighted by atomic mass is 10.2. The molecule has 0 saturated carbocycles. The van der Waals surface area contributed by atoms with Crippen molar-refractivity contribution >= 4 is 10.1 Å². The topological polar surface area (TPSA) is 46.6 Å². The fourth-order valence-corrected chi connectivity index (χ4v) is 4.13. The van der Waals surface area contributed by atoms with Crippen LogP contribution in [0.3, 0.4) is 0 Å². The molecule has 0 aliphatic carbocycles. The van der Waals surface area contributed by atoms with Gasteiger partial charge in [0.15, 0.2) is 5.37 Å². The second-order valence-electron chi connectivity index (χ2n) is 5.37. The molecule has 124 valence electrons. The number of nitrogens with zero attached hydrogens (tertiary/aromatic N) is 1. The molecule has 1 unspecified atom stereocenters. The minimum atomic E-state index is -3.84. The molecule has 5 heteroatoms. The second-order valence-corrected chi connectivity index (χ2v) is 6.97. The quantitative estimate of drug-likeness (QED) is 0.724. The van der Waals surface area contributed by atoms with E-state index in [0.717, 1.165) is 5.56 Å². The van der Waals surface area contributed by atoms with Crippen molar-refractivity contribution in [3.8, 4) is 5.75 Å². The largest absolute Gasteiger partial charge is 0.381 e. The van der Waals surface area contributed by atoms with Gasteiger partial charge in [-0.2, -0.15) is 8.42 Å². The molecule has 0 fully saturated rings. The summed E-state index contributed by atoms with van der Waals surface area (Å²) in [4.78, 5) is 1.87. The Morgan fingerprint density at radius 2 is 1.52 bits per heavy atom. The first-order chi connectivity index (χ1) is 11.0. The van der Waals surface area contributed by atoms with Crippen molar-refractivity contribution in [2.75, 3.05) is 13.1 Å². The summed E-state index contributed by atoms with van der Waals surface area (Å²) in [6.07, 6.45) is 0. The van der Waals surface area contributed by atoms with Crippen molar-refractivity contribution in [3.05, 3.63) is 65.7 Å². The molecule has 0 aromatic heterocycles. The maximum atomic E-state index is 12.9. The summed E-state index contributed by atoms with van der Waals surface area (Å²) in [7, 11) is -3.84. The molecule has 0 aliphatic rings. The highest BCUT2D eigenvalue weighted by Gasteiger charge is 2.33. The van der Waals surface area contributed by atoms with Crippen molar-refractivity contribution in [2.45, 2.75) is 26.1 Å². The first-order valence-electron chi connectivity index (χ1n) is 7.77. The van der Waals surface area contributed by atoms with Crippen LogP contribution in [0.25, 0.3) is 0 Å². The lowest BCUT2D eigenvalue weighted by molar-refractivity contribution is 0.264. The summed E-state index contributed by atoms with van der Waals surface area (Å²) in [6.45, 7) is 7.07. The average molecular weight is 333 g/mol. The zero-order chi connectivity index (χ0) is 16.9. The average Bonchev–Trinajstić information content (AvgIpc) is 2.55. The van der Waals surface area contributed by atoms with Gasteiger partial charge in [0, 0.05) is 0 Å². The zero-order valence-electron chi connectivity index (χ0n) is 13.8. The van der Waals surface area contributed by atoms with Crippen molar-refractivity contribution in [1.29, 1.82) is 0 Å². The van der Waals surface area contributed by atoms with Gasteiger partial charge < -0.3 is 4.18 Å². The van der Waals surface area contributed by atoms with Gasteiger partial charge in [0.05, 0.1) is 0 Å². The first kappa shape index (κ1) is 17.5. The lowest BCUT2D eigenvalue weighted by Crippen LogP contribution is -2.36. The van der Waals surface area contributed by atoms with Gasteiger partial charge in [0.25, 0.3) is 0 Å². The Morgan fingerprint density at radius 1 is 0.957 bits per heavy atom. The van der Waals surface area contributed by atoms with Gasteiger partial charge in [-0.3, -0.25) is 4.90 Å². The Labute approximate surface area is 138 Å². The normalized spacial score (nSPS) is 13.0. The van der Waals surface area contributed by atoms with E-state index in [9.17, 15) is 8.42 Å². The predicted molar refractivity (Wildman–Crippen MR) is 92.8 cm³/mol. The summed E-state index contributed by atoms with van der Waals surface area (Å²) in [5, 5.41) is -0.819. The molecule has 4 nitrogen and oxygen atoms in total.